The van der Waals surface area contributed by atoms with Crippen LogP contribution < -0.4 is 5.73 Å². The van der Waals surface area contributed by atoms with Crippen LogP contribution >= 0.6 is 23.2 Å². The summed E-state index contributed by atoms with van der Waals surface area (Å²) in [5.74, 6) is 0. The van der Waals surface area contributed by atoms with Gasteiger partial charge < -0.3 is 5.73 Å². The van der Waals surface area contributed by atoms with E-state index in [2.05, 4.69) is 10.3 Å². The lowest BCUT2D eigenvalue weighted by atomic mass is 10.2. The highest BCUT2D eigenvalue weighted by Crippen LogP contribution is 2.28. The fraction of sp³-hybridized carbons (Fsp3) is 0.200. The van der Waals surface area contributed by atoms with Gasteiger partial charge in [-0.3, -0.25) is 4.68 Å². The molecule has 0 radical (unpaired) electrons. The summed E-state index contributed by atoms with van der Waals surface area (Å²) in [5.41, 5.74) is 6.90. The molecule has 0 saturated heterocycles. The zero-order chi connectivity index (χ0) is 11.5. The van der Waals surface area contributed by atoms with Gasteiger partial charge in [-0.15, -0.1) is 5.10 Å². The van der Waals surface area contributed by atoms with Crippen molar-refractivity contribution in [2.45, 2.75) is 6.54 Å². The first-order valence-electron chi connectivity index (χ1n) is 4.76. The molecule has 0 bridgehead atoms. The molecule has 1 aromatic heterocycles. The van der Waals surface area contributed by atoms with E-state index >= 15 is 0 Å². The minimum absolute atomic E-state index is 0.520. The molecule has 0 amide bonds. The first-order valence-corrected chi connectivity index (χ1v) is 5.52. The van der Waals surface area contributed by atoms with Crippen LogP contribution in [0.1, 0.15) is 0 Å². The highest BCUT2D eigenvalue weighted by atomic mass is 35.5. The molecule has 4 nitrogen and oxygen atoms in total. The van der Waals surface area contributed by atoms with Crippen LogP contribution in [0.5, 0.6) is 0 Å². The smallest absolute Gasteiger partial charge is 0.114 e. The fourth-order valence-corrected chi connectivity index (χ4v) is 1.74. The van der Waals surface area contributed by atoms with Gasteiger partial charge in [0, 0.05) is 17.1 Å². The maximum Gasteiger partial charge on any atom is 0.114 e. The predicted octanol–water partition coefficient (Wildman–Crippen LogP) is 2.21. The van der Waals surface area contributed by atoms with Gasteiger partial charge in [-0.2, -0.15) is 0 Å². The second-order valence-electron chi connectivity index (χ2n) is 3.28. The summed E-state index contributed by atoms with van der Waals surface area (Å²) in [6.45, 7) is 1.15. The Bertz CT molecular complexity index is 495. The average molecular weight is 257 g/mol. The van der Waals surface area contributed by atoms with Crippen LogP contribution in [0.2, 0.25) is 10.0 Å². The van der Waals surface area contributed by atoms with Crippen molar-refractivity contribution in [3.63, 3.8) is 0 Å². The SMILES string of the molecule is NCCn1cc(-c2cc(Cl)ccc2Cl)nn1. The number of hydrogen-bond acceptors (Lipinski definition) is 3. The number of benzene rings is 1. The number of nitrogens with zero attached hydrogens (tertiary/aromatic N) is 3. The van der Waals surface area contributed by atoms with Gasteiger partial charge in [0.15, 0.2) is 0 Å². The maximum atomic E-state index is 6.06. The lowest BCUT2D eigenvalue weighted by molar-refractivity contribution is 0.598. The minimum Gasteiger partial charge on any atom is -0.329 e. The Morgan fingerprint density at radius 1 is 1.31 bits per heavy atom. The third-order valence-corrected chi connectivity index (χ3v) is 2.67. The van der Waals surface area contributed by atoms with Crippen molar-refractivity contribution in [2.75, 3.05) is 6.54 Å². The molecule has 2 N–H and O–H groups in total. The van der Waals surface area contributed by atoms with E-state index in [4.69, 9.17) is 28.9 Å². The molecule has 84 valence electrons. The zero-order valence-corrected chi connectivity index (χ0v) is 9.91. The van der Waals surface area contributed by atoms with Gasteiger partial charge in [0.2, 0.25) is 0 Å². The van der Waals surface area contributed by atoms with E-state index in [1.807, 2.05) is 0 Å². The molecule has 1 aromatic carbocycles. The Morgan fingerprint density at radius 2 is 2.12 bits per heavy atom. The first-order chi connectivity index (χ1) is 7.70. The van der Waals surface area contributed by atoms with Crippen molar-refractivity contribution in [1.29, 1.82) is 0 Å². The molecule has 0 spiro atoms. The Kier molecular flexibility index (Phi) is 3.43. The number of hydrogen-bond donors (Lipinski definition) is 1. The molecule has 0 fully saturated rings. The largest absolute Gasteiger partial charge is 0.329 e. The molecule has 16 heavy (non-hydrogen) atoms. The second-order valence-corrected chi connectivity index (χ2v) is 4.12. The Hall–Kier alpha value is -1.10. The highest BCUT2D eigenvalue weighted by Gasteiger charge is 2.08. The molecule has 1 heterocycles. The first kappa shape index (κ1) is 11.4. The fourth-order valence-electron chi connectivity index (χ4n) is 1.36. The third-order valence-electron chi connectivity index (χ3n) is 2.10. The standard InChI is InChI=1S/C10H10Cl2N4/c11-7-1-2-9(12)8(5-7)10-6-16(4-3-13)15-14-10/h1-2,5-6H,3-4,13H2. The molecule has 0 saturated carbocycles. The molecule has 2 aromatic rings. The van der Waals surface area contributed by atoms with E-state index in [0.717, 1.165) is 5.56 Å². The summed E-state index contributed by atoms with van der Waals surface area (Å²) >= 11 is 12.0. The van der Waals surface area contributed by atoms with Crippen molar-refractivity contribution in [3.05, 3.63) is 34.4 Å². The summed E-state index contributed by atoms with van der Waals surface area (Å²) in [4.78, 5) is 0. The van der Waals surface area contributed by atoms with E-state index in [-0.39, 0.29) is 0 Å². The van der Waals surface area contributed by atoms with Crippen LogP contribution in [-0.2, 0) is 6.54 Å². The molecule has 0 aliphatic rings. The molecular formula is C10H10Cl2N4. The van der Waals surface area contributed by atoms with Gasteiger partial charge in [-0.25, -0.2) is 0 Å². The van der Waals surface area contributed by atoms with Crippen LogP contribution in [0.15, 0.2) is 24.4 Å². The normalized spacial score (nSPS) is 10.7. The van der Waals surface area contributed by atoms with E-state index in [1.54, 1.807) is 29.1 Å². The average Bonchev–Trinajstić information content (AvgIpc) is 2.71. The second kappa shape index (κ2) is 4.82. The molecule has 0 atom stereocenters. The van der Waals surface area contributed by atoms with Crippen LogP contribution in [-0.4, -0.2) is 21.5 Å². The van der Waals surface area contributed by atoms with Crippen molar-refractivity contribution in [2.24, 2.45) is 5.73 Å². The monoisotopic (exact) mass is 256 g/mol. The Labute approximate surface area is 103 Å². The van der Waals surface area contributed by atoms with Gasteiger partial charge in [-0.05, 0) is 18.2 Å². The van der Waals surface area contributed by atoms with E-state index in [9.17, 15) is 0 Å². The third kappa shape index (κ3) is 2.35. The van der Waals surface area contributed by atoms with Crippen LogP contribution in [0.25, 0.3) is 11.3 Å². The van der Waals surface area contributed by atoms with Crippen molar-refractivity contribution >= 4 is 23.2 Å². The molecule has 0 unspecified atom stereocenters. The van der Waals surface area contributed by atoms with E-state index < -0.39 is 0 Å². The van der Waals surface area contributed by atoms with Gasteiger partial charge in [0.25, 0.3) is 0 Å². The number of halogens is 2. The minimum atomic E-state index is 0.520. The summed E-state index contributed by atoms with van der Waals surface area (Å²) in [6, 6.07) is 5.24. The van der Waals surface area contributed by atoms with Crippen molar-refractivity contribution in [1.82, 2.24) is 15.0 Å². The molecule has 6 heteroatoms. The molecule has 0 aliphatic carbocycles. The molecule has 0 aliphatic heterocycles. The summed E-state index contributed by atoms with van der Waals surface area (Å²) in [6.07, 6.45) is 1.80. The van der Waals surface area contributed by atoms with Crippen LogP contribution in [0.3, 0.4) is 0 Å². The maximum absolute atomic E-state index is 6.06. The Morgan fingerprint density at radius 3 is 2.88 bits per heavy atom. The van der Waals surface area contributed by atoms with Gasteiger partial charge in [0.05, 0.1) is 17.8 Å². The quantitative estimate of drug-likeness (QED) is 0.917. The topological polar surface area (TPSA) is 56.7 Å². The lowest BCUT2D eigenvalue weighted by Gasteiger charge is -2.00. The van der Waals surface area contributed by atoms with Gasteiger partial charge in [0.1, 0.15) is 5.69 Å². The zero-order valence-electron chi connectivity index (χ0n) is 8.40. The van der Waals surface area contributed by atoms with Crippen molar-refractivity contribution in [3.8, 4) is 11.3 Å². The van der Waals surface area contributed by atoms with Crippen LogP contribution in [0, 0.1) is 0 Å². The molecular weight excluding hydrogens is 247 g/mol. The highest BCUT2D eigenvalue weighted by molar-refractivity contribution is 6.35. The number of nitrogens with two attached hydrogens (primary N) is 1. The summed E-state index contributed by atoms with van der Waals surface area (Å²) in [5, 5.41) is 9.18. The predicted molar refractivity (Wildman–Crippen MR) is 64.5 cm³/mol. The van der Waals surface area contributed by atoms with Crippen molar-refractivity contribution < 1.29 is 0 Å². The number of rotatable bonds is 3. The van der Waals surface area contributed by atoms with Crippen LogP contribution in [0.4, 0.5) is 0 Å². The van der Waals surface area contributed by atoms with E-state index in [1.165, 1.54) is 0 Å². The lowest BCUT2D eigenvalue weighted by Crippen LogP contribution is -2.10. The van der Waals surface area contributed by atoms with E-state index in [0.29, 0.717) is 28.8 Å². The van der Waals surface area contributed by atoms with Gasteiger partial charge >= 0.3 is 0 Å². The number of aromatic nitrogens is 3. The summed E-state index contributed by atoms with van der Waals surface area (Å²) in [7, 11) is 0. The Balaban J connectivity index is 2.38. The van der Waals surface area contributed by atoms with Gasteiger partial charge in [-0.1, -0.05) is 28.4 Å². The summed E-state index contributed by atoms with van der Waals surface area (Å²) < 4.78 is 1.67. The molecule has 2 rings (SSSR count).